The molecule has 34 heavy (non-hydrogen) atoms. The van der Waals surface area contributed by atoms with Crippen LogP contribution >= 0.6 is 11.6 Å². The van der Waals surface area contributed by atoms with Crippen LogP contribution in [0.3, 0.4) is 0 Å². The SMILES string of the molecule is CC(NC(=O)CN1C(=O)NC(Cc2ccccc2)(Cc2ccccc2)C1=O)c1cccc(Cl)c1. The van der Waals surface area contributed by atoms with E-state index in [2.05, 4.69) is 10.6 Å². The van der Waals surface area contributed by atoms with E-state index in [-0.39, 0.29) is 12.6 Å². The minimum atomic E-state index is -1.17. The number of rotatable bonds is 8. The van der Waals surface area contributed by atoms with Crippen LogP contribution in [0.2, 0.25) is 5.02 Å². The average molecular weight is 476 g/mol. The zero-order chi connectivity index (χ0) is 24.1. The fraction of sp³-hybridized carbons (Fsp3) is 0.222. The van der Waals surface area contributed by atoms with Gasteiger partial charge in [-0.1, -0.05) is 84.4 Å². The topological polar surface area (TPSA) is 78.5 Å². The standard InChI is InChI=1S/C27H26ClN3O3/c1-19(22-13-8-14-23(28)15-22)29-24(32)18-31-25(33)27(30-26(31)34,16-20-9-4-2-5-10-20)17-21-11-6-3-7-12-21/h2-15,19H,16-18H2,1H3,(H,29,32)(H,30,34). The number of hydrogen-bond acceptors (Lipinski definition) is 3. The monoisotopic (exact) mass is 475 g/mol. The van der Waals surface area contributed by atoms with E-state index < -0.39 is 23.4 Å². The molecule has 1 heterocycles. The first-order valence-electron chi connectivity index (χ1n) is 11.1. The van der Waals surface area contributed by atoms with Crippen LogP contribution in [-0.2, 0) is 22.4 Å². The van der Waals surface area contributed by atoms with Gasteiger partial charge in [0.15, 0.2) is 0 Å². The van der Waals surface area contributed by atoms with Crippen molar-refractivity contribution in [1.82, 2.24) is 15.5 Å². The van der Waals surface area contributed by atoms with Gasteiger partial charge in [0.2, 0.25) is 5.91 Å². The summed E-state index contributed by atoms with van der Waals surface area (Å²) in [6, 6.07) is 25.4. The Kier molecular flexibility index (Phi) is 6.98. The Bertz CT molecular complexity index is 1140. The van der Waals surface area contributed by atoms with Crippen molar-refractivity contribution in [3.05, 3.63) is 107 Å². The summed E-state index contributed by atoms with van der Waals surface area (Å²) in [6.07, 6.45) is 0.648. The predicted molar refractivity (Wildman–Crippen MR) is 131 cm³/mol. The lowest BCUT2D eigenvalue weighted by molar-refractivity contribution is -0.135. The summed E-state index contributed by atoms with van der Waals surface area (Å²) in [6.45, 7) is 1.46. The van der Waals surface area contributed by atoms with Crippen molar-refractivity contribution in [1.29, 1.82) is 0 Å². The number of carbonyl (C=O) groups is 3. The van der Waals surface area contributed by atoms with Gasteiger partial charge < -0.3 is 10.6 Å². The predicted octanol–water partition coefficient (Wildman–Crippen LogP) is 4.29. The molecule has 174 valence electrons. The van der Waals surface area contributed by atoms with Gasteiger partial charge in [-0.25, -0.2) is 4.79 Å². The molecule has 1 atom stereocenters. The summed E-state index contributed by atoms with van der Waals surface area (Å²) in [5.41, 5.74) is 1.51. The van der Waals surface area contributed by atoms with E-state index in [1.807, 2.05) is 73.7 Å². The van der Waals surface area contributed by atoms with Gasteiger partial charge in [0, 0.05) is 17.9 Å². The number of benzene rings is 3. The van der Waals surface area contributed by atoms with Gasteiger partial charge in [0.25, 0.3) is 5.91 Å². The Hall–Kier alpha value is -3.64. The second kappa shape index (κ2) is 10.1. The van der Waals surface area contributed by atoms with Crippen molar-refractivity contribution in [3.8, 4) is 0 Å². The van der Waals surface area contributed by atoms with Gasteiger partial charge in [-0.3, -0.25) is 14.5 Å². The molecule has 4 rings (SSSR count). The first-order valence-corrected chi connectivity index (χ1v) is 11.5. The third kappa shape index (κ3) is 5.29. The minimum Gasteiger partial charge on any atom is -0.348 e. The first kappa shape index (κ1) is 23.5. The van der Waals surface area contributed by atoms with Crippen LogP contribution in [0.1, 0.15) is 29.7 Å². The van der Waals surface area contributed by atoms with Crippen LogP contribution < -0.4 is 10.6 Å². The van der Waals surface area contributed by atoms with Crippen LogP contribution in [0.15, 0.2) is 84.9 Å². The zero-order valence-corrected chi connectivity index (χ0v) is 19.6. The van der Waals surface area contributed by atoms with Gasteiger partial charge in [-0.15, -0.1) is 0 Å². The molecule has 1 aliphatic rings. The highest BCUT2D eigenvalue weighted by molar-refractivity contribution is 6.30. The van der Waals surface area contributed by atoms with E-state index in [9.17, 15) is 14.4 Å². The molecule has 1 unspecified atom stereocenters. The highest BCUT2D eigenvalue weighted by Crippen LogP contribution is 2.27. The second-order valence-corrected chi connectivity index (χ2v) is 9.01. The Morgan fingerprint density at radius 1 is 0.941 bits per heavy atom. The molecule has 6 nitrogen and oxygen atoms in total. The molecule has 0 aromatic heterocycles. The molecule has 0 bridgehead atoms. The molecule has 0 aliphatic carbocycles. The lowest BCUT2D eigenvalue weighted by Crippen LogP contribution is -2.51. The number of amides is 4. The van der Waals surface area contributed by atoms with E-state index in [4.69, 9.17) is 11.6 Å². The smallest absolute Gasteiger partial charge is 0.325 e. The Morgan fingerprint density at radius 3 is 2.09 bits per heavy atom. The molecule has 1 saturated heterocycles. The van der Waals surface area contributed by atoms with Gasteiger partial charge in [-0.2, -0.15) is 0 Å². The van der Waals surface area contributed by atoms with Crippen molar-refractivity contribution in [2.24, 2.45) is 0 Å². The average Bonchev–Trinajstić information content (AvgIpc) is 3.04. The summed E-state index contributed by atoms with van der Waals surface area (Å²) in [5.74, 6) is -0.832. The van der Waals surface area contributed by atoms with Crippen molar-refractivity contribution in [3.63, 3.8) is 0 Å². The maximum atomic E-state index is 13.6. The van der Waals surface area contributed by atoms with Crippen LogP contribution in [0.25, 0.3) is 0 Å². The Balaban J connectivity index is 1.53. The first-order chi connectivity index (χ1) is 16.4. The van der Waals surface area contributed by atoms with Gasteiger partial charge >= 0.3 is 6.03 Å². The van der Waals surface area contributed by atoms with Gasteiger partial charge in [-0.05, 0) is 35.7 Å². The van der Waals surface area contributed by atoms with Crippen LogP contribution in [0.5, 0.6) is 0 Å². The molecular weight excluding hydrogens is 450 g/mol. The number of urea groups is 1. The summed E-state index contributed by atoms with van der Waals surface area (Å²) in [7, 11) is 0. The van der Waals surface area contributed by atoms with Crippen molar-refractivity contribution in [2.75, 3.05) is 6.54 Å². The Labute approximate surface area is 203 Å². The maximum Gasteiger partial charge on any atom is 0.325 e. The highest BCUT2D eigenvalue weighted by Gasteiger charge is 2.51. The maximum absolute atomic E-state index is 13.6. The van der Waals surface area contributed by atoms with Crippen LogP contribution in [0, 0.1) is 0 Å². The molecular formula is C27H26ClN3O3. The largest absolute Gasteiger partial charge is 0.348 e. The fourth-order valence-corrected chi connectivity index (χ4v) is 4.50. The quantitative estimate of drug-likeness (QED) is 0.477. The van der Waals surface area contributed by atoms with E-state index in [0.29, 0.717) is 17.9 Å². The molecule has 1 aliphatic heterocycles. The lowest BCUT2D eigenvalue weighted by Gasteiger charge is -2.27. The molecule has 3 aromatic rings. The molecule has 1 fully saturated rings. The number of hydrogen-bond donors (Lipinski definition) is 2. The second-order valence-electron chi connectivity index (χ2n) is 8.57. The van der Waals surface area contributed by atoms with E-state index >= 15 is 0 Å². The summed E-state index contributed by atoms with van der Waals surface area (Å²) >= 11 is 6.05. The molecule has 0 saturated carbocycles. The number of halogens is 1. The number of nitrogens with one attached hydrogen (secondary N) is 2. The lowest BCUT2D eigenvalue weighted by atomic mass is 9.84. The number of carbonyl (C=O) groups excluding carboxylic acids is 3. The Morgan fingerprint density at radius 2 is 1.53 bits per heavy atom. The molecule has 4 amide bonds. The number of nitrogens with zero attached hydrogens (tertiary/aromatic N) is 1. The summed E-state index contributed by atoms with van der Waals surface area (Å²) in [4.78, 5) is 40.3. The van der Waals surface area contributed by atoms with Gasteiger partial charge in [0.05, 0.1) is 6.04 Å². The third-order valence-corrected chi connectivity index (χ3v) is 6.21. The van der Waals surface area contributed by atoms with E-state index in [1.165, 1.54) is 0 Å². The minimum absolute atomic E-state index is 0.324. The molecule has 0 radical (unpaired) electrons. The van der Waals surface area contributed by atoms with Crippen molar-refractivity contribution >= 4 is 29.4 Å². The number of imide groups is 1. The normalized spacial score (nSPS) is 15.6. The van der Waals surface area contributed by atoms with Gasteiger partial charge in [0.1, 0.15) is 12.1 Å². The molecule has 0 spiro atoms. The van der Waals surface area contributed by atoms with E-state index in [1.54, 1.807) is 18.2 Å². The molecule has 3 aromatic carbocycles. The van der Waals surface area contributed by atoms with Crippen molar-refractivity contribution in [2.45, 2.75) is 31.3 Å². The summed E-state index contributed by atoms with van der Waals surface area (Å²) in [5, 5.41) is 6.32. The van der Waals surface area contributed by atoms with E-state index in [0.717, 1.165) is 21.6 Å². The fourth-order valence-electron chi connectivity index (χ4n) is 4.30. The zero-order valence-electron chi connectivity index (χ0n) is 18.8. The van der Waals surface area contributed by atoms with Crippen LogP contribution in [-0.4, -0.2) is 34.8 Å². The third-order valence-electron chi connectivity index (χ3n) is 5.97. The highest BCUT2D eigenvalue weighted by atomic mass is 35.5. The molecule has 2 N–H and O–H groups in total. The summed E-state index contributed by atoms with van der Waals surface area (Å²) < 4.78 is 0. The van der Waals surface area contributed by atoms with Crippen molar-refractivity contribution < 1.29 is 14.4 Å². The molecule has 7 heteroatoms. The van der Waals surface area contributed by atoms with Crippen LogP contribution in [0.4, 0.5) is 4.79 Å².